The topological polar surface area (TPSA) is 26.3 Å². The molecule has 0 aromatic carbocycles. The van der Waals surface area contributed by atoms with Crippen molar-refractivity contribution in [1.82, 2.24) is 0 Å². The van der Waals surface area contributed by atoms with Crippen molar-refractivity contribution >= 4 is 17.6 Å². The summed E-state index contributed by atoms with van der Waals surface area (Å²) < 4.78 is 4.56. The minimum atomic E-state index is -0.685. The molecule has 0 bridgehead atoms. The molecule has 0 saturated heterocycles. The number of carbonyl (C=O) groups excluding carboxylic acids is 1. The Morgan fingerprint density at radius 2 is 2.40 bits per heavy atom. The molecule has 2 nitrogen and oxygen atoms in total. The van der Waals surface area contributed by atoms with Crippen LogP contribution in [-0.2, 0) is 9.53 Å². The van der Waals surface area contributed by atoms with Gasteiger partial charge in [0.25, 0.3) is 0 Å². The molecule has 3 heteroatoms. The number of ether oxygens (including phenoxy) is 1. The van der Waals surface area contributed by atoms with Crippen molar-refractivity contribution in [1.29, 1.82) is 0 Å². The molecule has 10 heavy (non-hydrogen) atoms. The molecule has 0 radical (unpaired) electrons. The van der Waals surface area contributed by atoms with Crippen molar-refractivity contribution in [2.24, 2.45) is 0 Å². The Balaban J connectivity index is 3.67. The van der Waals surface area contributed by atoms with Gasteiger partial charge in [0.2, 0.25) is 0 Å². The summed E-state index contributed by atoms with van der Waals surface area (Å²) in [6.45, 7) is 5.01. The van der Waals surface area contributed by atoms with E-state index in [-0.39, 0.29) is 0 Å². The van der Waals surface area contributed by atoms with Crippen LogP contribution in [0.3, 0.4) is 0 Å². The largest absolute Gasteiger partial charge is 0.439 e. The summed E-state index contributed by atoms with van der Waals surface area (Å²) in [5.41, 5.74) is -0.685. The van der Waals surface area contributed by atoms with Crippen molar-refractivity contribution in [2.45, 2.75) is 12.5 Å². The van der Waals surface area contributed by atoms with Gasteiger partial charge in [-0.3, -0.25) is 0 Å². The van der Waals surface area contributed by atoms with E-state index in [1.807, 2.05) is 0 Å². The molecule has 0 fully saturated rings. The van der Waals surface area contributed by atoms with Gasteiger partial charge in [-0.25, -0.2) is 4.79 Å². The van der Waals surface area contributed by atoms with Crippen LogP contribution in [0, 0.1) is 0 Å². The Labute approximate surface area is 65.1 Å². The van der Waals surface area contributed by atoms with Crippen LogP contribution >= 0.6 is 11.6 Å². The summed E-state index contributed by atoms with van der Waals surface area (Å²) >= 11 is 5.48. The number of hydrogen-bond donors (Lipinski definition) is 0. The number of halogens is 1. The lowest BCUT2D eigenvalue weighted by molar-refractivity contribution is -0.137. The zero-order valence-electron chi connectivity index (χ0n) is 5.71. The van der Waals surface area contributed by atoms with E-state index in [9.17, 15) is 4.79 Å². The fourth-order valence-electron chi connectivity index (χ4n) is 0.350. The van der Waals surface area contributed by atoms with Crippen molar-refractivity contribution in [3.05, 3.63) is 24.8 Å². The highest BCUT2D eigenvalue weighted by atomic mass is 35.5. The summed E-state index contributed by atoms with van der Waals surface area (Å²) in [6, 6.07) is 0. The Kier molecular flexibility index (Phi) is 4.67. The van der Waals surface area contributed by atoms with Gasteiger partial charge in [-0.1, -0.05) is 24.3 Å². The second kappa shape index (κ2) is 5.06. The predicted octanol–water partition coefficient (Wildman–Crippen LogP) is 1.86. The highest BCUT2D eigenvalue weighted by molar-refractivity contribution is 6.21. The third-order valence-corrected chi connectivity index (χ3v) is 0.974. The first-order valence-corrected chi connectivity index (χ1v) is 3.24. The molecule has 56 valence electrons. The van der Waals surface area contributed by atoms with E-state index >= 15 is 0 Å². The molecule has 0 aromatic rings. The Hall–Kier alpha value is -0.760. The number of alkyl halides is 1. The van der Waals surface area contributed by atoms with Crippen LogP contribution in [0.2, 0.25) is 0 Å². The van der Waals surface area contributed by atoms with E-state index in [1.165, 1.54) is 0 Å². The number of carbonyl (C=O) groups is 1. The maximum atomic E-state index is 10.4. The fraction of sp³-hybridized carbons (Fsp3) is 0.286. The third kappa shape index (κ3) is 4.15. The summed E-state index contributed by atoms with van der Waals surface area (Å²) in [7, 11) is 0. The molecule has 0 spiro atoms. The number of esters is 1. The van der Waals surface area contributed by atoms with Crippen molar-refractivity contribution in [2.75, 3.05) is 0 Å². The van der Waals surface area contributed by atoms with Crippen molar-refractivity contribution in [3.8, 4) is 0 Å². The number of rotatable bonds is 3. The van der Waals surface area contributed by atoms with Crippen LogP contribution in [0.25, 0.3) is 0 Å². The van der Waals surface area contributed by atoms with E-state index in [4.69, 9.17) is 11.6 Å². The van der Waals surface area contributed by atoms with Crippen LogP contribution in [0.5, 0.6) is 0 Å². The fourth-order valence-corrected chi connectivity index (χ4v) is 0.583. The van der Waals surface area contributed by atoms with Crippen LogP contribution in [0.1, 0.15) is 6.92 Å². The van der Waals surface area contributed by atoms with Crippen molar-refractivity contribution in [3.63, 3.8) is 0 Å². The van der Waals surface area contributed by atoms with Gasteiger partial charge in [0.1, 0.15) is 0 Å². The van der Waals surface area contributed by atoms with E-state index in [0.717, 1.165) is 6.08 Å². The zero-order chi connectivity index (χ0) is 7.98. The molecule has 0 amide bonds. The Morgan fingerprint density at radius 3 is 2.80 bits per heavy atom. The molecule has 0 aliphatic carbocycles. The van der Waals surface area contributed by atoms with Gasteiger partial charge in [0, 0.05) is 6.08 Å². The van der Waals surface area contributed by atoms with E-state index in [2.05, 4.69) is 11.3 Å². The first kappa shape index (κ1) is 9.24. The first-order valence-electron chi connectivity index (χ1n) is 2.80. The standard InChI is InChI=1S/C7H9ClO2/c1-3-5-6(8)10-7(9)4-2/h3-6H,2H2,1H3/b5-3+. The number of hydrogen-bond acceptors (Lipinski definition) is 2. The quantitative estimate of drug-likeness (QED) is 0.273. The normalized spacial score (nSPS) is 13.0. The average molecular weight is 161 g/mol. The van der Waals surface area contributed by atoms with Crippen LogP contribution < -0.4 is 0 Å². The van der Waals surface area contributed by atoms with Crippen molar-refractivity contribution < 1.29 is 9.53 Å². The average Bonchev–Trinajstić information content (AvgIpc) is 1.88. The molecule has 0 aromatic heterocycles. The maximum absolute atomic E-state index is 10.4. The molecular weight excluding hydrogens is 152 g/mol. The lowest BCUT2D eigenvalue weighted by Gasteiger charge is -2.02. The first-order chi connectivity index (χ1) is 4.70. The second-order valence-corrected chi connectivity index (χ2v) is 1.95. The summed E-state index contributed by atoms with van der Waals surface area (Å²) in [6.07, 6.45) is 4.33. The van der Waals surface area contributed by atoms with Gasteiger partial charge in [0.05, 0.1) is 0 Å². The van der Waals surface area contributed by atoms with Crippen LogP contribution in [-0.4, -0.2) is 11.5 Å². The monoisotopic (exact) mass is 160 g/mol. The summed E-state index contributed by atoms with van der Waals surface area (Å²) in [5.74, 6) is -0.516. The second-order valence-electron chi connectivity index (χ2n) is 1.52. The molecule has 0 rings (SSSR count). The van der Waals surface area contributed by atoms with Gasteiger partial charge in [-0.2, -0.15) is 0 Å². The molecule has 1 unspecified atom stereocenters. The molecular formula is C7H9ClO2. The van der Waals surface area contributed by atoms with Crippen LogP contribution in [0.15, 0.2) is 24.8 Å². The van der Waals surface area contributed by atoms with Gasteiger partial charge < -0.3 is 4.74 Å². The molecule has 0 saturated carbocycles. The minimum absolute atomic E-state index is 0.516. The third-order valence-electron chi connectivity index (χ3n) is 0.739. The summed E-state index contributed by atoms with van der Waals surface area (Å²) in [5, 5.41) is 0. The Bertz CT molecular complexity index is 152. The van der Waals surface area contributed by atoms with Gasteiger partial charge in [-0.15, -0.1) is 0 Å². The lowest BCUT2D eigenvalue weighted by atomic mass is 10.5. The molecule has 1 atom stereocenters. The molecule has 0 aliphatic rings. The zero-order valence-corrected chi connectivity index (χ0v) is 6.47. The van der Waals surface area contributed by atoms with E-state index in [0.29, 0.717) is 0 Å². The number of allylic oxidation sites excluding steroid dienone is 1. The van der Waals surface area contributed by atoms with E-state index in [1.54, 1.807) is 19.1 Å². The minimum Gasteiger partial charge on any atom is -0.439 e. The van der Waals surface area contributed by atoms with Gasteiger partial charge in [0.15, 0.2) is 5.56 Å². The highest BCUT2D eigenvalue weighted by Crippen LogP contribution is 2.00. The summed E-state index contributed by atoms with van der Waals surface area (Å²) in [4.78, 5) is 10.4. The van der Waals surface area contributed by atoms with E-state index < -0.39 is 11.5 Å². The van der Waals surface area contributed by atoms with Gasteiger partial charge in [-0.05, 0) is 13.0 Å². The molecule has 0 N–H and O–H groups in total. The SMILES string of the molecule is C=CC(=O)OC(Cl)/C=C/C. The van der Waals surface area contributed by atoms with Gasteiger partial charge >= 0.3 is 5.97 Å². The molecule has 0 aliphatic heterocycles. The lowest BCUT2D eigenvalue weighted by Crippen LogP contribution is -2.06. The Morgan fingerprint density at radius 1 is 1.80 bits per heavy atom. The van der Waals surface area contributed by atoms with Crippen LogP contribution in [0.4, 0.5) is 0 Å². The smallest absolute Gasteiger partial charge is 0.331 e. The predicted molar refractivity (Wildman–Crippen MR) is 40.7 cm³/mol. The maximum Gasteiger partial charge on any atom is 0.331 e. The molecule has 0 heterocycles. The highest BCUT2D eigenvalue weighted by Gasteiger charge is 2.01.